The van der Waals surface area contributed by atoms with Crippen LogP contribution in [-0.4, -0.2) is 36.5 Å². The number of nitrogens with one attached hydrogen (secondary N) is 1. The molecule has 0 unspecified atom stereocenters. The Bertz CT molecular complexity index is 304. The Hall–Kier alpha value is -0.570. The molecule has 0 bridgehead atoms. The maximum atomic E-state index is 12.2. The van der Waals surface area contributed by atoms with Crippen LogP contribution < -0.4 is 5.32 Å². The largest absolute Gasteiger partial charge is 0.341 e. The number of hydrogen-bond donors (Lipinski definition) is 1. The minimum atomic E-state index is 0.339. The summed E-state index contributed by atoms with van der Waals surface area (Å²) in [5.74, 6) is 0.339. The van der Waals surface area contributed by atoms with Crippen LogP contribution in [0.15, 0.2) is 0 Å². The second kappa shape index (κ2) is 5.20. The quantitative estimate of drug-likeness (QED) is 0.833. The standard InChI is InChI=1S/C15H26N2O/c18-14(11-16-13-5-1-2-6-13)17-10-9-15(12-17)7-3-4-8-15/h13,16H,1-12H2. The van der Waals surface area contributed by atoms with E-state index >= 15 is 0 Å². The first-order valence-corrected chi connectivity index (χ1v) is 7.79. The van der Waals surface area contributed by atoms with Gasteiger partial charge in [0.05, 0.1) is 6.54 Å². The molecule has 1 heterocycles. The highest BCUT2D eigenvalue weighted by Gasteiger charge is 2.41. The van der Waals surface area contributed by atoms with Gasteiger partial charge in [-0.15, -0.1) is 0 Å². The Kier molecular flexibility index (Phi) is 3.60. The molecule has 0 radical (unpaired) electrons. The van der Waals surface area contributed by atoms with Crippen molar-refractivity contribution in [1.29, 1.82) is 0 Å². The summed E-state index contributed by atoms with van der Waals surface area (Å²) in [6, 6.07) is 0.608. The molecule has 1 aliphatic heterocycles. The smallest absolute Gasteiger partial charge is 0.236 e. The van der Waals surface area contributed by atoms with Gasteiger partial charge in [0.15, 0.2) is 0 Å². The second-order valence-electron chi connectivity index (χ2n) is 6.63. The summed E-state index contributed by atoms with van der Waals surface area (Å²) in [4.78, 5) is 14.3. The zero-order chi connectivity index (χ0) is 12.4. The molecule has 102 valence electrons. The molecule has 0 aromatic heterocycles. The summed E-state index contributed by atoms with van der Waals surface area (Å²) in [5.41, 5.74) is 0.517. The van der Waals surface area contributed by atoms with Gasteiger partial charge in [-0.05, 0) is 37.5 Å². The maximum Gasteiger partial charge on any atom is 0.236 e. The molecule has 3 aliphatic rings. The number of hydrogen-bond acceptors (Lipinski definition) is 2. The van der Waals surface area contributed by atoms with Crippen molar-refractivity contribution in [2.45, 2.75) is 63.8 Å². The van der Waals surface area contributed by atoms with Crippen molar-refractivity contribution in [2.75, 3.05) is 19.6 Å². The number of carbonyl (C=O) groups excluding carboxylic acids is 1. The number of carbonyl (C=O) groups is 1. The summed E-state index contributed by atoms with van der Waals surface area (Å²) < 4.78 is 0. The van der Waals surface area contributed by atoms with E-state index in [1.807, 2.05) is 0 Å². The summed E-state index contributed by atoms with van der Waals surface area (Å²) in [5, 5.41) is 3.45. The van der Waals surface area contributed by atoms with Crippen LogP contribution in [0.5, 0.6) is 0 Å². The van der Waals surface area contributed by atoms with Crippen molar-refractivity contribution in [2.24, 2.45) is 5.41 Å². The lowest BCUT2D eigenvalue weighted by atomic mass is 9.86. The lowest BCUT2D eigenvalue weighted by molar-refractivity contribution is -0.129. The minimum absolute atomic E-state index is 0.339. The van der Waals surface area contributed by atoms with Gasteiger partial charge in [0, 0.05) is 19.1 Å². The van der Waals surface area contributed by atoms with E-state index in [1.165, 1.54) is 57.8 Å². The maximum absolute atomic E-state index is 12.2. The molecule has 1 amide bonds. The third-order valence-corrected chi connectivity index (χ3v) is 5.35. The highest BCUT2D eigenvalue weighted by atomic mass is 16.2. The lowest BCUT2D eigenvalue weighted by Crippen LogP contribution is -2.40. The van der Waals surface area contributed by atoms with E-state index in [9.17, 15) is 4.79 Å². The number of nitrogens with zero attached hydrogens (tertiary/aromatic N) is 1. The molecule has 1 N–H and O–H groups in total. The Labute approximate surface area is 110 Å². The zero-order valence-corrected chi connectivity index (χ0v) is 11.4. The van der Waals surface area contributed by atoms with Crippen molar-refractivity contribution in [1.82, 2.24) is 10.2 Å². The van der Waals surface area contributed by atoms with E-state index in [2.05, 4.69) is 10.2 Å². The molecular formula is C15H26N2O. The topological polar surface area (TPSA) is 32.3 Å². The molecule has 1 saturated heterocycles. The van der Waals surface area contributed by atoms with Crippen molar-refractivity contribution in [3.05, 3.63) is 0 Å². The van der Waals surface area contributed by atoms with Gasteiger partial charge in [-0.1, -0.05) is 25.7 Å². The van der Waals surface area contributed by atoms with E-state index in [1.54, 1.807) is 0 Å². The molecular weight excluding hydrogens is 224 g/mol. The van der Waals surface area contributed by atoms with Crippen LogP contribution in [0.2, 0.25) is 0 Å². The van der Waals surface area contributed by atoms with E-state index in [0.717, 1.165) is 13.1 Å². The minimum Gasteiger partial charge on any atom is -0.341 e. The molecule has 3 fully saturated rings. The van der Waals surface area contributed by atoms with Crippen LogP contribution in [0.1, 0.15) is 57.8 Å². The number of rotatable bonds is 3. The van der Waals surface area contributed by atoms with Crippen LogP contribution in [-0.2, 0) is 4.79 Å². The van der Waals surface area contributed by atoms with Gasteiger partial charge in [0.1, 0.15) is 0 Å². The summed E-state index contributed by atoms with van der Waals surface area (Å²) in [7, 11) is 0. The van der Waals surface area contributed by atoms with E-state index in [4.69, 9.17) is 0 Å². The van der Waals surface area contributed by atoms with Crippen molar-refractivity contribution >= 4 is 5.91 Å². The molecule has 3 rings (SSSR count). The first kappa shape index (κ1) is 12.5. The third kappa shape index (κ3) is 2.56. The van der Waals surface area contributed by atoms with E-state index in [-0.39, 0.29) is 0 Å². The lowest BCUT2D eigenvalue weighted by Gasteiger charge is -2.24. The van der Waals surface area contributed by atoms with Crippen molar-refractivity contribution in [3.63, 3.8) is 0 Å². The summed E-state index contributed by atoms with van der Waals surface area (Å²) in [6.07, 6.45) is 11.9. The molecule has 0 aromatic carbocycles. The Morgan fingerprint density at radius 2 is 1.83 bits per heavy atom. The second-order valence-corrected chi connectivity index (χ2v) is 6.63. The fourth-order valence-corrected chi connectivity index (χ4v) is 4.15. The highest BCUT2D eigenvalue weighted by molar-refractivity contribution is 5.78. The molecule has 3 nitrogen and oxygen atoms in total. The van der Waals surface area contributed by atoms with Crippen molar-refractivity contribution in [3.8, 4) is 0 Å². The van der Waals surface area contributed by atoms with Crippen LogP contribution in [0.3, 0.4) is 0 Å². The van der Waals surface area contributed by atoms with Gasteiger partial charge in [-0.3, -0.25) is 4.79 Å². The molecule has 3 heteroatoms. The average molecular weight is 250 g/mol. The van der Waals surface area contributed by atoms with E-state index < -0.39 is 0 Å². The monoisotopic (exact) mass is 250 g/mol. The summed E-state index contributed by atoms with van der Waals surface area (Å²) >= 11 is 0. The van der Waals surface area contributed by atoms with Gasteiger partial charge in [0.25, 0.3) is 0 Å². The van der Waals surface area contributed by atoms with Crippen LogP contribution in [0, 0.1) is 5.41 Å². The Morgan fingerprint density at radius 3 is 2.56 bits per heavy atom. The first-order chi connectivity index (χ1) is 8.77. The van der Waals surface area contributed by atoms with Crippen LogP contribution in [0.25, 0.3) is 0 Å². The summed E-state index contributed by atoms with van der Waals surface area (Å²) in [6.45, 7) is 2.62. The normalized spacial score (nSPS) is 27.4. The predicted octanol–water partition coefficient (Wildman–Crippen LogP) is 2.31. The van der Waals surface area contributed by atoms with Crippen molar-refractivity contribution < 1.29 is 4.79 Å². The van der Waals surface area contributed by atoms with Gasteiger partial charge >= 0.3 is 0 Å². The first-order valence-electron chi connectivity index (χ1n) is 7.79. The fourth-order valence-electron chi connectivity index (χ4n) is 4.15. The average Bonchev–Trinajstić information content (AvgIpc) is 3.10. The number of likely N-dealkylation sites (tertiary alicyclic amines) is 1. The number of amides is 1. The molecule has 2 saturated carbocycles. The molecule has 1 spiro atoms. The van der Waals surface area contributed by atoms with Gasteiger partial charge in [0.2, 0.25) is 5.91 Å². The molecule has 0 aromatic rings. The Balaban J connectivity index is 1.45. The Morgan fingerprint density at radius 1 is 1.11 bits per heavy atom. The van der Waals surface area contributed by atoms with Gasteiger partial charge in [-0.25, -0.2) is 0 Å². The molecule has 18 heavy (non-hydrogen) atoms. The fraction of sp³-hybridized carbons (Fsp3) is 0.933. The third-order valence-electron chi connectivity index (χ3n) is 5.35. The van der Waals surface area contributed by atoms with Gasteiger partial charge in [-0.2, -0.15) is 0 Å². The predicted molar refractivity (Wildman–Crippen MR) is 72.4 cm³/mol. The molecule has 2 aliphatic carbocycles. The van der Waals surface area contributed by atoms with E-state index in [0.29, 0.717) is 23.9 Å². The highest BCUT2D eigenvalue weighted by Crippen LogP contribution is 2.45. The van der Waals surface area contributed by atoms with Crippen LogP contribution in [0.4, 0.5) is 0 Å². The van der Waals surface area contributed by atoms with Gasteiger partial charge < -0.3 is 10.2 Å². The zero-order valence-electron chi connectivity index (χ0n) is 11.4. The molecule has 0 atom stereocenters. The van der Waals surface area contributed by atoms with Crippen LogP contribution >= 0.6 is 0 Å². The SMILES string of the molecule is O=C(CNC1CCCC1)N1CCC2(CCCC2)C1.